The number of hydrogen-bond acceptors (Lipinski definition) is 3. The van der Waals surface area contributed by atoms with E-state index >= 15 is 0 Å². The Morgan fingerprint density at radius 1 is 1.29 bits per heavy atom. The highest BCUT2D eigenvalue weighted by Gasteiger charge is 2.20. The van der Waals surface area contributed by atoms with Crippen molar-refractivity contribution in [2.45, 2.75) is 39.8 Å². The van der Waals surface area contributed by atoms with Crippen LogP contribution in [0, 0.1) is 13.8 Å². The molecule has 1 aromatic rings. The van der Waals surface area contributed by atoms with Crippen LogP contribution >= 0.6 is 0 Å². The van der Waals surface area contributed by atoms with Crippen LogP contribution in [0.3, 0.4) is 0 Å². The van der Waals surface area contributed by atoms with Gasteiger partial charge in [-0.2, -0.15) is 0 Å². The van der Waals surface area contributed by atoms with Crippen LogP contribution in [-0.2, 0) is 4.74 Å². The molecule has 0 radical (unpaired) electrons. The van der Waals surface area contributed by atoms with Crippen LogP contribution < -0.4 is 10.5 Å². The fraction of sp³-hybridized carbons (Fsp3) is 0.571. The van der Waals surface area contributed by atoms with Gasteiger partial charge in [-0.1, -0.05) is 12.1 Å². The van der Waals surface area contributed by atoms with Gasteiger partial charge in [0.1, 0.15) is 5.75 Å². The molecule has 1 aromatic carbocycles. The zero-order valence-electron chi connectivity index (χ0n) is 11.4. The third-order valence-electron chi connectivity index (χ3n) is 3.21. The minimum absolute atomic E-state index is 0.0176. The number of rotatable bonds is 5. The molecule has 0 bridgehead atoms. The molecule has 17 heavy (non-hydrogen) atoms. The summed E-state index contributed by atoms with van der Waals surface area (Å²) in [7, 11) is 1.68. The molecule has 0 saturated carbocycles. The highest BCUT2D eigenvalue weighted by atomic mass is 16.5. The average molecular weight is 237 g/mol. The number of benzene rings is 1. The summed E-state index contributed by atoms with van der Waals surface area (Å²) < 4.78 is 11.0. The van der Waals surface area contributed by atoms with Gasteiger partial charge in [-0.25, -0.2) is 0 Å². The molecule has 0 saturated heterocycles. The highest BCUT2D eigenvalue weighted by Crippen LogP contribution is 2.31. The second kappa shape index (κ2) is 6.03. The number of aryl methyl sites for hydroxylation is 1. The number of methoxy groups -OCH3 is 1. The monoisotopic (exact) mass is 237 g/mol. The van der Waals surface area contributed by atoms with E-state index in [1.807, 2.05) is 19.9 Å². The maximum Gasteiger partial charge on any atom is 0.126 e. The molecular weight excluding hydrogens is 214 g/mol. The first-order chi connectivity index (χ1) is 8.02. The molecule has 0 fully saturated rings. The predicted molar refractivity (Wildman–Crippen MR) is 70.5 cm³/mol. The predicted octanol–water partition coefficient (Wildman–Crippen LogP) is 2.74. The molecule has 96 valence electrons. The topological polar surface area (TPSA) is 44.5 Å². The Kier molecular flexibility index (Phi) is 4.97. The van der Waals surface area contributed by atoms with E-state index < -0.39 is 0 Å². The summed E-state index contributed by atoms with van der Waals surface area (Å²) in [4.78, 5) is 0. The summed E-state index contributed by atoms with van der Waals surface area (Å²) in [6.07, 6.45) is -0.0176. The van der Waals surface area contributed by atoms with Crippen molar-refractivity contribution >= 4 is 0 Å². The van der Waals surface area contributed by atoms with Crippen LogP contribution in [0.1, 0.15) is 36.6 Å². The molecular formula is C14H23NO2. The van der Waals surface area contributed by atoms with Crippen LogP contribution in [0.2, 0.25) is 0 Å². The molecule has 1 rings (SSSR count). The summed E-state index contributed by atoms with van der Waals surface area (Å²) in [5, 5.41) is 0. The van der Waals surface area contributed by atoms with E-state index in [0.29, 0.717) is 6.61 Å². The zero-order chi connectivity index (χ0) is 13.0. The minimum atomic E-state index is -0.163. The third-order valence-corrected chi connectivity index (χ3v) is 3.21. The molecule has 0 amide bonds. The van der Waals surface area contributed by atoms with Crippen molar-refractivity contribution in [1.29, 1.82) is 0 Å². The van der Waals surface area contributed by atoms with Crippen LogP contribution in [0.4, 0.5) is 0 Å². The first-order valence-corrected chi connectivity index (χ1v) is 6.04. The average Bonchev–Trinajstić information content (AvgIpc) is 2.31. The lowest BCUT2D eigenvalue weighted by molar-refractivity contribution is 0.0568. The quantitative estimate of drug-likeness (QED) is 0.856. The Labute approximate surface area is 104 Å². The molecule has 2 unspecified atom stereocenters. The van der Waals surface area contributed by atoms with Gasteiger partial charge < -0.3 is 15.2 Å². The first-order valence-electron chi connectivity index (χ1n) is 6.04. The summed E-state index contributed by atoms with van der Waals surface area (Å²) in [5.41, 5.74) is 9.58. The van der Waals surface area contributed by atoms with Gasteiger partial charge in [-0.05, 0) is 38.8 Å². The number of nitrogens with two attached hydrogens (primary N) is 1. The Morgan fingerprint density at radius 3 is 2.47 bits per heavy atom. The fourth-order valence-electron chi connectivity index (χ4n) is 1.96. The Morgan fingerprint density at radius 2 is 1.94 bits per heavy atom. The zero-order valence-corrected chi connectivity index (χ0v) is 11.4. The summed E-state index contributed by atoms with van der Waals surface area (Å²) >= 11 is 0. The molecule has 0 aromatic heterocycles. The van der Waals surface area contributed by atoms with Gasteiger partial charge in [0.05, 0.1) is 19.3 Å². The molecule has 0 aliphatic heterocycles. The molecule has 0 spiro atoms. The summed E-state index contributed by atoms with van der Waals surface area (Å²) in [5.74, 6) is 0.879. The van der Waals surface area contributed by atoms with E-state index in [-0.39, 0.29) is 12.1 Å². The molecule has 3 heteroatoms. The van der Waals surface area contributed by atoms with Crippen LogP contribution in [0.25, 0.3) is 0 Å². The van der Waals surface area contributed by atoms with Gasteiger partial charge >= 0.3 is 0 Å². The van der Waals surface area contributed by atoms with E-state index in [1.165, 1.54) is 5.56 Å². The lowest BCUT2D eigenvalue weighted by Gasteiger charge is -2.23. The first kappa shape index (κ1) is 14.0. The SMILES string of the molecule is CCOC(C)C(N)c1ccc(C)c(C)c1OC. The van der Waals surface area contributed by atoms with Gasteiger partial charge in [0.25, 0.3) is 0 Å². The lowest BCUT2D eigenvalue weighted by Crippen LogP contribution is -2.27. The third kappa shape index (κ3) is 2.99. The summed E-state index contributed by atoms with van der Waals surface area (Å²) in [6.45, 7) is 8.75. The maximum atomic E-state index is 6.21. The van der Waals surface area contributed by atoms with E-state index in [4.69, 9.17) is 15.2 Å². The number of ether oxygens (including phenoxy) is 2. The molecule has 0 heterocycles. The molecule has 2 atom stereocenters. The van der Waals surface area contributed by atoms with Crippen molar-refractivity contribution < 1.29 is 9.47 Å². The second-order valence-electron chi connectivity index (χ2n) is 4.32. The van der Waals surface area contributed by atoms with E-state index in [1.54, 1.807) is 7.11 Å². The van der Waals surface area contributed by atoms with Crippen LogP contribution in [-0.4, -0.2) is 19.8 Å². The van der Waals surface area contributed by atoms with Gasteiger partial charge in [0, 0.05) is 12.2 Å². The fourth-order valence-corrected chi connectivity index (χ4v) is 1.96. The van der Waals surface area contributed by atoms with Crippen LogP contribution in [0.5, 0.6) is 5.75 Å². The van der Waals surface area contributed by atoms with Crippen molar-refractivity contribution in [3.05, 3.63) is 28.8 Å². The molecule has 3 nitrogen and oxygen atoms in total. The molecule has 0 aliphatic carbocycles. The Hall–Kier alpha value is -1.06. The van der Waals surface area contributed by atoms with Crippen molar-refractivity contribution in [2.75, 3.05) is 13.7 Å². The van der Waals surface area contributed by atoms with E-state index in [9.17, 15) is 0 Å². The Balaban J connectivity index is 3.09. The van der Waals surface area contributed by atoms with E-state index in [2.05, 4.69) is 19.9 Å². The Bertz CT molecular complexity index is 377. The van der Waals surface area contributed by atoms with Crippen molar-refractivity contribution in [2.24, 2.45) is 5.73 Å². The summed E-state index contributed by atoms with van der Waals surface area (Å²) in [6, 6.07) is 3.94. The normalized spacial score (nSPS) is 14.5. The van der Waals surface area contributed by atoms with Crippen molar-refractivity contribution in [1.82, 2.24) is 0 Å². The van der Waals surface area contributed by atoms with E-state index in [0.717, 1.165) is 16.9 Å². The highest BCUT2D eigenvalue weighted by molar-refractivity contribution is 5.47. The standard InChI is InChI=1S/C14H23NO2/c1-6-17-11(4)13(15)12-8-7-9(2)10(3)14(12)16-5/h7-8,11,13H,6,15H2,1-5H3. The minimum Gasteiger partial charge on any atom is -0.496 e. The molecule has 2 N–H and O–H groups in total. The van der Waals surface area contributed by atoms with Gasteiger partial charge in [0.15, 0.2) is 0 Å². The molecule has 0 aliphatic rings. The van der Waals surface area contributed by atoms with Crippen molar-refractivity contribution in [3.63, 3.8) is 0 Å². The van der Waals surface area contributed by atoms with Crippen LogP contribution in [0.15, 0.2) is 12.1 Å². The maximum absolute atomic E-state index is 6.21. The lowest BCUT2D eigenvalue weighted by atomic mass is 9.97. The smallest absolute Gasteiger partial charge is 0.126 e. The second-order valence-corrected chi connectivity index (χ2v) is 4.32. The van der Waals surface area contributed by atoms with Gasteiger partial charge in [0.2, 0.25) is 0 Å². The number of hydrogen-bond donors (Lipinski definition) is 1. The van der Waals surface area contributed by atoms with Gasteiger partial charge in [-0.3, -0.25) is 0 Å². The van der Waals surface area contributed by atoms with Crippen molar-refractivity contribution in [3.8, 4) is 5.75 Å². The largest absolute Gasteiger partial charge is 0.496 e. The van der Waals surface area contributed by atoms with Gasteiger partial charge in [-0.15, -0.1) is 0 Å².